The summed E-state index contributed by atoms with van der Waals surface area (Å²) in [4.78, 5) is 49.6. The number of amides is 4. The quantitative estimate of drug-likeness (QED) is 0.270. The summed E-state index contributed by atoms with van der Waals surface area (Å²) in [7, 11) is 0. The number of carbonyl (C=O) groups excluding carboxylic acids is 4. The molecule has 0 aromatic heterocycles. The van der Waals surface area contributed by atoms with E-state index >= 15 is 0 Å². The second kappa shape index (κ2) is 15.2. The molecule has 0 heterocycles. The zero-order valence-electron chi connectivity index (χ0n) is 26.1. The first kappa shape index (κ1) is 35.4. The number of hydrogen-bond donors (Lipinski definition) is 4. The highest BCUT2D eigenvalue weighted by Gasteiger charge is 2.30. The van der Waals surface area contributed by atoms with E-state index in [-0.39, 0.29) is 47.7 Å². The van der Waals surface area contributed by atoms with Crippen LogP contribution in [0.15, 0.2) is 45.3 Å². The third-order valence-electron chi connectivity index (χ3n) is 7.43. The monoisotopic (exact) mass is 736 g/mol. The van der Waals surface area contributed by atoms with Crippen LogP contribution in [0.3, 0.4) is 0 Å². The molecule has 4 amide bonds. The Morgan fingerprint density at radius 1 is 0.636 bits per heavy atom. The standard InChI is InChI=1S/C32H42Br2N4O6/c1-31(2,3)21-11-13-25(23(33)15-21)43-17-27(39)35-37-29(41)19-7-9-20(10-8-19)30(42)38-36-28(40)18-44-26-14-12-22(16-24(26)34)32(4,5)6/h11-16,19-20H,7-10,17-18H2,1-6H3,(H,35,39)(H,36,40)(H,37,41)(H,38,42). The summed E-state index contributed by atoms with van der Waals surface area (Å²) < 4.78 is 12.7. The zero-order valence-corrected chi connectivity index (χ0v) is 29.2. The molecule has 1 saturated carbocycles. The lowest BCUT2D eigenvalue weighted by atomic mass is 9.81. The minimum Gasteiger partial charge on any atom is -0.483 e. The summed E-state index contributed by atoms with van der Waals surface area (Å²) in [6, 6.07) is 11.4. The predicted octanol–water partition coefficient (Wildman–Crippen LogP) is 5.37. The molecule has 1 aliphatic carbocycles. The predicted molar refractivity (Wildman–Crippen MR) is 175 cm³/mol. The molecule has 10 nitrogen and oxygen atoms in total. The third kappa shape index (κ3) is 10.5. The van der Waals surface area contributed by atoms with Crippen molar-refractivity contribution in [3.63, 3.8) is 0 Å². The van der Waals surface area contributed by atoms with Crippen LogP contribution in [0.4, 0.5) is 0 Å². The van der Waals surface area contributed by atoms with Gasteiger partial charge in [0.25, 0.3) is 11.8 Å². The molecule has 240 valence electrons. The second-order valence-corrected chi connectivity index (χ2v) is 14.7. The summed E-state index contributed by atoms with van der Waals surface area (Å²) in [5.74, 6) is -1.26. The maximum Gasteiger partial charge on any atom is 0.276 e. The highest BCUT2D eigenvalue weighted by Crippen LogP contribution is 2.33. The van der Waals surface area contributed by atoms with Gasteiger partial charge in [-0.3, -0.25) is 40.9 Å². The summed E-state index contributed by atoms with van der Waals surface area (Å²) in [6.45, 7) is 12.1. The number of ether oxygens (including phenoxy) is 2. The van der Waals surface area contributed by atoms with Crippen molar-refractivity contribution in [3.8, 4) is 11.5 Å². The first-order valence-corrected chi connectivity index (χ1v) is 16.2. The molecule has 0 bridgehead atoms. The Bertz CT molecular complexity index is 1260. The van der Waals surface area contributed by atoms with Gasteiger partial charge in [0.1, 0.15) is 11.5 Å². The Balaban J connectivity index is 1.33. The van der Waals surface area contributed by atoms with Crippen molar-refractivity contribution < 1.29 is 28.7 Å². The molecule has 0 unspecified atom stereocenters. The molecule has 0 aliphatic heterocycles. The Hall–Kier alpha value is -3.12. The topological polar surface area (TPSA) is 135 Å². The van der Waals surface area contributed by atoms with Gasteiger partial charge in [-0.25, -0.2) is 0 Å². The van der Waals surface area contributed by atoms with Crippen LogP contribution in [-0.4, -0.2) is 36.8 Å². The summed E-state index contributed by atoms with van der Waals surface area (Å²) in [6.07, 6.45) is 1.88. The van der Waals surface area contributed by atoms with Crippen molar-refractivity contribution in [2.45, 2.75) is 78.1 Å². The van der Waals surface area contributed by atoms with Crippen LogP contribution in [0.25, 0.3) is 0 Å². The molecule has 4 N–H and O–H groups in total. The maximum absolute atomic E-state index is 12.6. The highest BCUT2D eigenvalue weighted by atomic mass is 79.9. The van der Waals surface area contributed by atoms with Crippen LogP contribution < -0.4 is 31.2 Å². The SMILES string of the molecule is CC(C)(C)c1ccc(OCC(=O)NNC(=O)C2CCC(C(=O)NNC(=O)COc3ccc(C(C)(C)C)cc3Br)CC2)c(Br)c1. The van der Waals surface area contributed by atoms with Crippen LogP contribution in [0.2, 0.25) is 0 Å². The normalized spacial score (nSPS) is 16.8. The molecule has 0 radical (unpaired) electrons. The molecule has 1 aliphatic rings. The molecule has 44 heavy (non-hydrogen) atoms. The molecule has 0 atom stereocenters. The number of halogens is 2. The van der Waals surface area contributed by atoms with Crippen molar-refractivity contribution >= 4 is 55.5 Å². The molecule has 1 fully saturated rings. The molecular formula is C32H42Br2N4O6. The van der Waals surface area contributed by atoms with Gasteiger partial charge < -0.3 is 9.47 Å². The van der Waals surface area contributed by atoms with Gasteiger partial charge in [-0.1, -0.05) is 53.7 Å². The van der Waals surface area contributed by atoms with E-state index < -0.39 is 11.8 Å². The lowest BCUT2D eigenvalue weighted by Crippen LogP contribution is -2.48. The van der Waals surface area contributed by atoms with E-state index in [1.165, 1.54) is 0 Å². The average Bonchev–Trinajstić information content (AvgIpc) is 2.96. The van der Waals surface area contributed by atoms with Gasteiger partial charge in [-0.2, -0.15) is 0 Å². The minimum atomic E-state index is -0.493. The van der Waals surface area contributed by atoms with Crippen LogP contribution in [-0.2, 0) is 30.0 Å². The van der Waals surface area contributed by atoms with Crippen molar-refractivity contribution in [3.05, 3.63) is 56.5 Å². The Kier molecular flexibility index (Phi) is 12.3. The zero-order chi connectivity index (χ0) is 32.7. The van der Waals surface area contributed by atoms with Crippen molar-refractivity contribution in [2.75, 3.05) is 13.2 Å². The van der Waals surface area contributed by atoms with Gasteiger partial charge in [-0.15, -0.1) is 0 Å². The fourth-order valence-electron chi connectivity index (χ4n) is 4.61. The summed E-state index contributed by atoms with van der Waals surface area (Å²) >= 11 is 6.96. The number of hydrogen-bond acceptors (Lipinski definition) is 6. The van der Waals surface area contributed by atoms with Crippen molar-refractivity contribution in [2.24, 2.45) is 11.8 Å². The van der Waals surface area contributed by atoms with Gasteiger partial charge in [0.2, 0.25) is 11.8 Å². The highest BCUT2D eigenvalue weighted by molar-refractivity contribution is 9.10. The van der Waals surface area contributed by atoms with Gasteiger partial charge >= 0.3 is 0 Å². The lowest BCUT2D eigenvalue weighted by Gasteiger charge is -2.27. The van der Waals surface area contributed by atoms with Gasteiger partial charge in [0, 0.05) is 11.8 Å². The van der Waals surface area contributed by atoms with E-state index in [1.807, 2.05) is 24.3 Å². The Labute approximate surface area is 276 Å². The number of hydrazine groups is 2. The smallest absolute Gasteiger partial charge is 0.276 e. The van der Waals surface area contributed by atoms with E-state index in [2.05, 4.69) is 95.1 Å². The third-order valence-corrected chi connectivity index (χ3v) is 8.67. The minimum absolute atomic E-state index is 0.0188. The van der Waals surface area contributed by atoms with Gasteiger partial charge in [-0.05, 0) is 104 Å². The van der Waals surface area contributed by atoms with Gasteiger partial charge in [0.05, 0.1) is 8.95 Å². The summed E-state index contributed by atoms with van der Waals surface area (Å²) in [5, 5.41) is 0. The lowest BCUT2D eigenvalue weighted by molar-refractivity contribution is -0.135. The molecule has 2 aromatic rings. The van der Waals surface area contributed by atoms with Crippen LogP contribution in [0, 0.1) is 11.8 Å². The Morgan fingerprint density at radius 3 is 1.27 bits per heavy atom. The first-order valence-electron chi connectivity index (χ1n) is 14.6. The maximum atomic E-state index is 12.6. The summed E-state index contributed by atoms with van der Waals surface area (Å²) in [5.41, 5.74) is 11.9. The van der Waals surface area contributed by atoms with Crippen molar-refractivity contribution in [1.82, 2.24) is 21.7 Å². The molecule has 2 aromatic carbocycles. The second-order valence-electron chi connectivity index (χ2n) is 13.0. The molecule has 0 saturated heterocycles. The molecule has 12 heteroatoms. The van der Waals surface area contributed by atoms with E-state index in [1.54, 1.807) is 12.1 Å². The largest absolute Gasteiger partial charge is 0.483 e. The number of benzene rings is 2. The molecule has 0 spiro atoms. The van der Waals surface area contributed by atoms with E-state index in [0.717, 1.165) is 20.1 Å². The fraction of sp³-hybridized carbons (Fsp3) is 0.500. The Morgan fingerprint density at radius 2 is 0.977 bits per heavy atom. The first-order chi connectivity index (χ1) is 20.5. The fourth-order valence-corrected chi connectivity index (χ4v) is 5.60. The van der Waals surface area contributed by atoms with Crippen LogP contribution in [0.1, 0.15) is 78.4 Å². The molecular weight excluding hydrogens is 696 g/mol. The van der Waals surface area contributed by atoms with E-state index in [4.69, 9.17) is 9.47 Å². The number of nitrogens with one attached hydrogen (secondary N) is 4. The van der Waals surface area contributed by atoms with Crippen LogP contribution in [0.5, 0.6) is 11.5 Å². The van der Waals surface area contributed by atoms with Gasteiger partial charge in [0.15, 0.2) is 13.2 Å². The number of carbonyl (C=O) groups is 4. The van der Waals surface area contributed by atoms with E-state index in [9.17, 15) is 19.2 Å². The van der Waals surface area contributed by atoms with Crippen LogP contribution >= 0.6 is 31.9 Å². The average molecular weight is 739 g/mol. The van der Waals surface area contributed by atoms with Crippen molar-refractivity contribution in [1.29, 1.82) is 0 Å². The van der Waals surface area contributed by atoms with E-state index in [0.29, 0.717) is 37.2 Å². The number of rotatable bonds is 8. The molecule has 3 rings (SSSR count).